The largest absolute Gasteiger partial charge is 0.326 e. The summed E-state index contributed by atoms with van der Waals surface area (Å²) in [4.78, 5) is 25.4. The maximum Gasteiger partial charge on any atom is 0.255 e. The number of carbonyl (C=O) groups is 2. The van der Waals surface area contributed by atoms with Crippen LogP contribution in [0.25, 0.3) is 0 Å². The summed E-state index contributed by atoms with van der Waals surface area (Å²) in [5.41, 5.74) is 5.16. The van der Waals surface area contributed by atoms with E-state index < -0.39 is 0 Å². The molecule has 1 atom stereocenters. The van der Waals surface area contributed by atoms with Crippen molar-refractivity contribution in [2.75, 3.05) is 10.6 Å². The molecule has 3 rings (SSSR count). The smallest absolute Gasteiger partial charge is 0.255 e. The van der Waals surface area contributed by atoms with Crippen LogP contribution in [-0.2, 0) is 11.2 Å². The van der Waals surface area contributed by atoms with Crippen molar-refractivity contribution in [1.29, 1.82) is 0 Å². The summed E-state index contributed by atoms with van der Waals surface area (Å²) in [6.07, 6.45) is 1.03. The van der Waals surface area contributed by atoms with Crippen LogP contribution in [0.5, 0.6) is 0 Å². The van der Waals surface area contributed by atoms with E-state index in [-0.39, 0.29) is 17.7 Å². The lowest BCUT2D eigenvalue weighted by atomic mass is 9.96. The van der Waals surface area contributed by atoms with Crippen LogP contribution in [0, 0.1) is 12.8 Å². The first-order valence-corrected chi connectivity index (χ1v) is 10.7. The zero-order chi connectivity index (χ0) is 22.4. The molecule has 0 fully saturated rings. The molecule has 0 bridgehead atoms. The molecule has 0 aliphatic carbocycles. The van der Waals surface area contributed by atoms with Gasteiger partial charge in [-0.1, -0.05) is 56.3 Å². The maximum absolute atomic E-state index is 12.8. The Bertz CT molecular complexity index is 1050. The number of benzene rings is 3. The Morgan fingerprint density at radius 3 is 2.10 bits per heavy atom. The van der Waals surface area contributed by atoms with Gasteiger partial charge in [0.2, 0.25) is 5.91 Å². The van der Waals surface area contributed by atoms with Crippen LogP contribution in [0.15, 0.2) is 72.8 Å². The van der Waals surface area contributed by atoms with E-state index in [0.717, 1.165) is 23.2 Å². The molecule has 3 aromatic rings. The highest BCUT2D eigenvalue weighted by Gasteiger charge is 2.16. The third-order valence-electron chi connectivity index (χ3n) is 5.19. The van der Waals surface area contributed by atoms with Crippen molar-refractivity contribution in [3.63, 3.8) is 0 Å². The second-order valence-corrected chi connectivity index (χ2v) is 8.45. The molecule has 0 spiro atoms. The Labute approximate surface area is 184 Å². The Morgan fingerprint density at radius 1 is 0.806 bits per heavy atom. The number of anilines is 2. The monoisotopic (exact) mass is 414 g/mol. The Hall–Kier alpha value is -3.40. The van der Waals surface area contributed by atoms with Gasteiger partial charge >= 0.3 is 0 Å². The van der Waals surface area contributed by atoms with Gasteiger partial charge in [0.25, 0.3) is 5.91 Å². The third-order valence-corrected chi connectivity index (χ3v) is 5.19. The van der Waals surface area contributed by atoms with Gasteiger partial charge in [0, 0.05) is 16.9 Å². The summed E-state index contributed by atoms with van der Waals surface area (Å²) in [6.45, 7) is 8.25. The van der Waals surface area contributed by atoms with E-state index in [0.29, 0.717) is 17.2 Å². The zero-order valence-electron chi connectivity index (χ0n) is 18.6. The van der Waals surface area contributed by atoms with E-state index in [4.69, 9.17) is 0 Å². The van der Waals surface area contributed by atoms with E-state index in [1.807, 2.05) is 50.2 Å². The lowest BCUT2D eigenvalue weighted by Gasteiger charge is -2.14. The standard InChI is InChI=1S/C27H30N2O2/c1-18(2)15-21-11-13-22(14-12-21)20(4)26(30)28-25-10-6-8-23(17-25)27(31)29-24-9-5-7-19(3)16-24/h5-14,16-18,20H,15H2,1-4H3,(H,28,30)(H,29,31)/t20-/m1/s1. The number of hydrogen-bond acceptors (Lipinski definition) is 2. The first-order valence-electron chi connectivity index (χ1n) is 10.7. The van der Waals surface area contributed by atoms with Gasteiger partial charge in [0.15, 0.2) is 0 Å². The minimum atomic E-state index is -0.294. The molecule has 0 saturated heterocycles. The lowest BCUT2D eigenvalue weighted by Crippen LogP contribution is -2.19. The zero-order valence-corrected chi connectivity index (χ0v) is 18.6. The number of carbonyl (C=O) groups excluding carboxylic acids is 2. The fraction of sp³-hybridized carbons (Fsp3) is 0.259. The van der Waals surface area contributed by atoms with Crippen molar-refractivity contribution in [2.45, 2.75) is 40.0 Å². The third kappa shape index (κ3) is 6.29. The van der Waals surface area contributed by atoms with Crippen molar-refractivity contribution in [3.8, 4) is 0 Å². The van der Waals surface area contributed by atoms with Crippen LogP contribution in [0.1, 0.15) is 53.7 Å². The topological polar surface area (TPSA) is 58.2 Å². The molecular formula is C27H30N2O2. The van der Waals surface area contributed by atoms with Crippen LogP contribution >= 0.6 is 0 Å². The summed E-state index contributed by atoms with van der Waals surface area (Å²) in [5, 5.41) is 5.83. The molecule has 0 radical (unpaired) electrons. The van der Waals surface area contributed by atoms with Crippen LogP contribution in [-0.4, -0.2) is 11.8 Å². The molecule has 4 heteroatoms. The van der Waals surface area contributed by atoms with Gasteiger partial charge in [-0.15, -0.1) is 0 Å². The highest BCUT2D eigenvalue weighted by molar-refractivity contribution is 6.05. The molecular weight excluding hydrogens is 384 g/mol. The van der Waals surface area contributed by atoms with Crippen molar-refractivity contribution >= 4 is 23.2 Å². The van der Waals surface area contributed by atoms with Gasteiger partial charge in [-0.2, -0.15) is 0 Å². The van der Waals surface area contributed by atoms with Crippen molar-refractivity contribution in [3.05, 3.63) is 95.1 Å². The number of amides is 2. The van der Waals surface area contributed by atoms with Crippen LogP contribution in [0.3, 0.4) is 0 Å². The van der Waals surface area contributed by atoms with Crippen molar-refractivity contribution in [2.24, 2.45) is 5.92 Å². The average molecular weight is 415 g/mol. The molecule has 31 heavy (non-hydrogen) atoms. The molecule has 2 amide bonds. The predicted octanol–water partition coefficient (Wildman–Crippen LogP) is 6.19. The lowest BCUT2D eigenvalue weighted by molar-refractivity contribution is -0.117. The van der Waals surface area contributed by atoms with Gasteiger partial charge in [-0.25, -0.2) is 0 Å². The van der Waals surface area contributed by atoms with Crippen LogP contribution < -0.4 is 10.6 Å². The van der Waals surface area contributed by atoms with Crippen LogP contribution in [0.4, 0.5) is 11.4 Å². The van der Waals surface area contributed by atoms with Crippen molar-refractivity contribution < 1.29 is 9.59 Å². The van der Waals surface area contributed by atoms with Gasteiger partial charge < -0.3 is 10.6 Å². The first-order chi connectivity index (χ1) is 14.8. The molecule has 0 saturated carbocycles. The van der Waals surface area contributed by atoms with E-state index in [1.54, 1.807) is 24.3 Å². The van der Waals surface area contributed by atoms with Gasteiger partial charge in [0.05, 0.1) is 5.92 Å². The van der Waals surface area contributed by atoms with Gasteiger partial charge in [0.1, 0.15) is 0 Å². The number of aryl methyl sites for hydroxylation is 1. The summed E-state index contributed by atoms with van der Waals surface area (Å²) in [5.74, 6) is -0.0109. The van der Waals surface area contributed by atoms with Gasteiger partial charge in [-0.3, -0.25) is 9.59 Å². The molecule has 0 heterocycles. The Balaban J connectivity index is 1.65. The normalized spacial score (nSPS) is 11.8. The molecule has 0 aromatic heterocycles. The molecule has 2 N–H and O–H groups in total. The maximum atomic E-state index is 12.8. The number of rotatable bonds is 7. The summed E-state index contributed by atoms with van der Waals surface area (Å²) in [6, 6.07) is 22.9. The molecule has 3 aromatic carbocycles. The van der Waals surface area contributed by atoms with Gasteiger partial charge in [-0.05, 0) is 73.2 Å². The number of hydrogen-bond donors (Lipinski definition) is 2. The molecule has 4 nitrogen and oxygen atoms in total. The summed E-state index contributed by atoms with van der Waals surface area (Å²) in [7, 11) is 0. The second-order valence-electron chi connectivity index (χ2n) is 8.45. The molecule has 0 aliphatic rings. The molecule has 160 valence electrons. The van der Waals surface area contributed by atoms with Crippen molar-refractivity contribution in [1.82, 2.24) is 0 Å². The summed E-state index contributed by atoms with van der Waals surface area (Å²) >= 11 is 0. The fourth-order valence-corrected chi connectivity index (χ4v) is 3.48. The highest BCUT2D eigenvalue weighted by Crippen LogP contribution is 2.21. The van der Waals surface area contributed by atoms with Crippen LogP contribution in [0.2, 0.25) is 0 Å². The Kier molecular flexibility index (Phi) is 7.24. The average Bonchev–Trinajstić information content (AvgIpc) is 2.73. The highest BCUT2D eigenvalue weighted by atomic mass is 16.2. The van der Waals surface area contributed by atoms with E-state index in [9.17, 15) is 9.59 Å². The second kappa shape index (κ2) is 10.1. The van der Waals surface area contributed by atoms with E-state index >= 15 is 0 Å². The Morgan fingerprint density at radius 2 is 1.45 bits per heavy atom. The quantitative estimate of drug-likeness (QED) is 0.484. The molecule has 0 unspecified atom stereocenters. The molecule has 0 aliphatic heterocycles. The predicted molar refractivity (Wildman–Crippen MR) is 128 cm³/mol. The fourth-order valence-electron chi connectivity index (χ4n) is 3.48. The SMILES string of the molecule is Cc1cccc(NC(=O)c2cccc(NC(=O)[C@H](C)c3ccc(CC(C)C)cc3)c2)c1. The minimum Gasteiger partial charge on any atom is -0.326 e. The first kappa shape index (κ1) is 22.3. The van der Waals surface area contributed by atoms with E-state index in [2.05, 4.69) is 36.6 Å². The number of nitrogens with one attached hydrogen (secondary N) is 2. The minimum absolute atomic E-state index is 0.104. The van der Waals surface area contributed by atoms with E-state index in [1.165, 1.54) is 5.56 Å². The summed E-state index contributed by atoms with van der Waals surface area (Å²) < 4.78 is 0.